The maximum Gasteiger partial charge on any atom is 0.0795 e. The molecule has 0 aromatic rings. The fourth-order valence-electron chi connectivity index (χ4n) is 1.98. The Morgan fingerprint density at radius 2 is 1.40 bits per heavy atom. The van der Waals surface area contributed by atoms with E-state index in [-0.39, 0.29) is 6.42 Å². The first-order valence-corrected chi connectivity index (χ1v) is 7.42. The Morgan fingerprint density at radius 1 is 0.900 bits per heavy atom. The van der Waals surface area contributed by atoms with Crippen molar-refractivity contribution in [3.63, 3.8) is 0 Å². The highest BCUT2D eigenvalue weighted by molar-refractivity contribution is 4.82. The van der Waals surface area contributed by atoms with Crippen LogP contribution in [0.4, 0.5) is 0 Å². The molecular formula is C17H32O3. The maximum absolute atomic E-state index is 10.0. The average molecular weight is 290 g/mol. The molecule has 0 aromatic heterocycles. The van der Waals surface area contributed by atoms with Crippen molar-refractivity contribution in [1.82, 2.24) is 0 Å². The van der Waals surface area contributed by atoms with Crippen LogP contribution in [0.15, 0.2) is 0 Å². The van der Waals surface area contributed by atoms with E-state index in [9.17, 15) is 10.2 Å². The summed E-state index contributed by atoms with van der Waals surface area (Å²) in [6.07, 6.45) is 3.97. The van der Waals surface area contributed by atoms with Crippen LogP contribution >= 0.6 is 0 Å². The summed E-state index contributed by atoms with van der Waals surface area (Å²) < 4.78 is 44.2. The number of hydrogen-bond acceptors (Lipinski definition) is 3. The summed E-state index contributed by atoms with van der Waals surface area (Å²) >= 11 is 0. The molecule has 0 aliphatic rings. The zero-order valence-electron chi connectivity index (χ0n) is 18.2. The molecule has 0 aliphatic heterocycles. The van der Waals surface area contributed by atoms with E-state index in [1.807, 2.05) is 0 Å². The molecule has 0 amide bonds. The summed E-state index contributed by atoms with van der Waals surface area (Å²) in [5.74, 6) is 2.61. The molecule has 0 bridgehead atoms. The molecule has 20 heavy (non-hydrogen) atoms. The minimum atomic E-state index is -3.67. The fraction of sp³-hybridized carbons (Fsp3) is 0.882. The van der Waals surface area contributed by atoms with Gasteiger partial charge in [0.15, 0.2) is 0 Å². The van der Waals surface area contributed by atoms with Gasteiger partial charge in [-0.3, -0.25) is 0 Å². The van der Waals surface area contributed by atoms with Gasteiger partial charge in [0.05, 0.1) is 24.2 Å². The lowest BCUT2D eigenvalue weighted by Crippen LogP contribution is -2.20. The highest BCUT2D eigenvalue weighted by atomic mass is 16.3. The summed E-state index contributed by atoms with van der Waals surface area (Å²) in [6, 6.07) is 0. The summed E-state index contributed by atoms with van der Waals surface area (Å²) in [5.41, 5.74) is 0. The number of rotatable bonds is 14. The summed E-state index contributed by atoms with van der Waals surface area (Å²) in [4.78, 5) is 0. The zero-order chi connectivity index (χ0) is 20.5. The Morgan fingerprint density at radius 3 is 1.90 bits per heavy atom. The third-order valence-corrected chi connectivity index (χ3v) is 3.10. The monoisotopic (exact) mass is 290 g/mol. The first-order chi connectivity index (χ1) is 11.8. The summed E-state index contributed by atoms with van der Waals surface area (Å²) in [5, 5.41) is 28.8. The molecule has 0 radical (unpaired) electrons. The molecule has 0 saturated carbocycles. The van der Waals surface area contributed by atoms with Crippen LogP contribution in [0.5, 0.6) is 0 Å². The molecule has 2 unspecified atom stereocenters. The molecule has 0 rings (SSSR count). The first-order valence-electron chi connectivity index (χ1n) is 10.4. The average Bonchev–Trinajstić information content (AvgIpc) is 2.51. The van der Waals surface area contributed by atoms with E-state index in [2.05, 4.69) is 5.92 Å². The van der Waals surface area contributed by atoms with Gasteiger partial charge in [0.25, 0.3) is 0 Å². The smallest absolute Gasteiger partial charge is 0.0795 e. The predicted octanol–water partition coefficient (Wildman–Crippen LogP) is 3.01. The van der Waals surface area contributed by atoms with Gasteiger partial charge in [-0.05, 0) is 12.8 Å². The lowest BCUT2D eigenvalue weighted by atomic mass is 10.0. The maximum atomic E-state index is 10.0. The highest BCUT2D eigenvalue weighted by Gasteiger charge is 2.10. The van der Waals surface area contributed by atoms with Gasteiger partial charge in [-0.25, -0.2) is 0 Å². The standard InChI is InChI=1S/C17H32O3/c1-2-3-4-5-6-7-8-9-10-11-12-13-16(19)14-17(20)15-18/h1,16-20H,3-15H2/i14D2,15D2,16D,17D. The number of hydrogen-bond donors (Lipinski definition) is 3. The van der Waals surface area contributed by atoms with Crippen molar-refractivity contribution < 1.29 is 23.5 Å². The van der Waals surface area contributed by atoms with Crippen molar-refractivity contribution in [3.05, 3.63) is 0 Å². The van der Waals surface area contributed by atoms with Crippen LogP contribution < -0.4 is 0 Å². The largest absolute Gasteiger partial charge is 0.394 e. The van der Waals surface area contributed by atoms with Gasteiger partial charge in [0.2, 0.25) is 0 Å². The van der Waals surface area contributed by atoms with Crippen LogP contribution in [0, 0.1) is 12.3 Å². The molecule has 3 heteroatoms. The van der Waals surface area contributed by atoms with Crippen LogP contribution in [-0.4, -0.2) is 34.0 Å². The Hall–Kier alpha value is -0.560. The number of aliphatic hydroxyl groups is 3. The van der Waals surface area contributed by atoms with E-state index in [4.69, 9.17) is 19.8 Å². The predicted molar refractivity (Wildman–Crippen MR) is 83.3 cm³/mol. The second kappa shape index (κ2) is 14.8. The molecule has 0 spiro atoms. The van der Waals surface area contributed by atoms with Crippen LogP contribution in [0.2, 0.25) is 0 Å². The van der Waals surface area contributed by atoms with Gasteiger partial charge in [0.1, 0.15) is 0 Å². The third kappa shape index (κ3) is 13.9. The fourth-order valence-corrected chi connectivity index (χ4v) is 1.98. The van der Waals surface area contributed by atoms with Gasteiger partial charge in [-0.2, -0.15) is 0 Å². The lowest BCUT2D eigenvalue weighted by molar-refractivity contribution is 0.0380. The Kier molecular flexibility index (Phi) is 8.21. The van der Waals surface area contributed by atoms with Gasteiger partial charge < -0.3 is 15.3 Å². The van der Waals surface area contributed by atoms with Crippen LogP contribution in [-0.2, 0) is 0 Å². The van der Waals surface area contributed by atoms with Crippen molar-refractivity contribution in [2.45, 2.75) is 89.2 Å². The molecule has 2 atom stereocenters. The minimum Gasteiger partial charge on any atom is -0.394 e. The second-order valence-corrected chi connectivity index (χ2v) is 4.92. The molecule has 0 heterocycles. The number of unbranched alkanes of at least 4 members (excludes halogenated alkanes) is 9. The Balaban J connectivity index is 4.13. The molecule has 0 saturated heterocycles. The van der Waals surface area contributed by atoms with Crippen LogP contribution in [0.25, 0.3) is 0 Å². The van der Waals surface area contributed by atoms with E-state index in [0.717, 1.165) is 51.4 Å². The van der Waals surface area contributed by atoms with Crippen LogP contribution in [0.1, 0.15) is 85.2 Å². The van der Waals surface area contributed by atoms with Crippen molar-refractivity contribution >= 4 is 0 Å². The topological polar surface area (TPSA) is 60.7 Å². The SMILES string of the molecule is [2H]C([2H])(O)C([2H])(O)C([2H])([2H])C([2H])(O)CCCCCCCCCCCC#C. The second-order valence-electron chi connectivity index (χ2n) is 4.92. The number of terminal acetylenes is 1. The van der Waals surface area contributed by atoms with Crippen molar-refractivity contribution in [2.75, 3.05) is 6.56 Å². The molecule has 3 nitrogen and oxygen atoms in total. The first kappa shape index (κ1) is 11.1. The molecular weight excluding hydrogens is 252 g/mol. The highest BCUT2D eigenvalue weighted by Crippen LogP contribution is 2.13. The van der Waals surface area contributed by atoms with Gasteiger partial charge in [0, 0.05) is 15.5 Å². The third-order valence-electron chi connectivity index (χ3n) is 3.10. The van der Waals surface area contributed by atoms with E-state index in [1.165, 1.54) is 0 Å². The Labute approximate surface area is 132 Å². The van der Waals surface area contributed by atoms with Gasteiger partial charge >= 0.3 is 0 Å². The molecule has 0 fully saturated rings. The molecule has 118 valence electrons. The normalized spacial score (nSPS) is 22.9. The Bertz CT molecular complexity index is 441. The molecule has 0 aromatic carbocycles. The zero-order valence-corrected chi connectivity index (χ0v) is 12.2. The van der Waals surface area contributed by atoms with E-state index in [1.54, 1.807) is 0 Å². The molecule has 0 aliphatic carbocycles. The lowest BCUT2D eigenvalue weighted by Gasteiger charge is -2.13. The van der Waals surface area contributed by atoms with E-state index < -0.39 is 25.1 Å². The van der Waals surface area contributed by atoms with Crippen molar-refractivity contribution in [1.29, 1.82) is 0 Å². The summed E-state index contributed by atoms with van der Waals surface area (Å²) in [7, 11) is 0. The molecule has 3 N–H and O–H groups in total. The van der Waals surface area contributed by atoms with Crippen molar-refractivity contribution in [2.24, 2.45) is 0 Å². The summed E-state index contributed by atoms with van der Waals surface area (Å²) in [6.45, 7) is -3.62. The van der Waals surface area contributed by atoms with Gasteiger partial charge in [-0.15, -0.1) is 12.3 Å². The van der Waals surface area contributed by atoms with Crippen LogP contribution in [0.3, 0.4) is 0 Å². The van der Waals surface area contributed by atoms with Crippen molar-refractivity contribution in [3.8, 4) is 12.3 Å². The van der Waals surface area contributed by atoms with E-state index >= 15 is 0 Å². The quantitative estimate of drug-likeness (QED) is 0.340. The van der Waals surface area contributed by atoms with Gasteiger partial charge in [-0.1, -0.05) is 51.4 Å². The van der Waals surface area contributed by atoms with E-state index in [0.29, 0.717) is 12.8 Å². The minimum absolute atomic E-state index is 0.298.